The Balaban J connectivity index is 2.33. The average molecular weight is 318 g/mol. The van der Waals surface area contributed by atoms with Gasteiger partial charge in [-0.2, -0.15) is 0 Å². The predicted octanol–water partition coefficient (Wildman–Crippen LogP) is 2.78. The molecule has 0 aliphatic carbocycles. The minimum Gasteiger partial charge on any atom is -0.481 e. The molecule has 0 spiro atoms. The van der Waals surface area contributed by atoms with Crippen LogP contribution in [0.5, 0.6) is 0 Å². The van der Waals surface area contributed by atoms with E-state index < -0.39 is 5.97 Å². The molecule has 1 heterocycles. The lowest BCUT2D eigenvalue weighted by Crippen LogP contribution is -1.99. The number of rotatable bonds is 3. The molecule has 0 bridgehead atoms. The third-order valence-electron chi connectivity index (χ3n) is 1.88. The number of benzene rings is 1. The zero-order valence-electron chi connectivity index (χ0n) is 8.35. The van der Waals surface area contributed by atoms with Crippen LogP contribution in [0.3, 0.4) is 0 Å². The molecule has 1 aromatic carbocycles. The summed E-state index contributed by atoms with van der Waals surface area (Å²) in [5.41, 5.74) is 0.633. The summed E-state index contributed by atoms with van der Waals surface area (Å²) < 4.78 is 5.98. The quantitative estimate of drug-likeness (QED) is 0.942. The van der Waals surface area contributed by atoms with Crippen molar-refractivity contribution < 1.29 is 14.3 Å². The summed E-state index contributed by atoms with van der Waals surface area (Å²) in [7, 11) is 0. The van der Waals surface area contributed by atoms with Gasteiger partial charge in [0.2, 0.25) is 11.8 Å². The summed E-state index contributed by atoms with van der Waals surface area (Å²) in [6.07, 6.45) is -0.297. The summed E-state index contributed by atoms with van der Waals surface area (Å²) in [5, 5.41) is 16.5. The van der Waals surface area contributed by atoms with Crippen LogP contribution in [0.2, 0.25) is 5.02 Å². The second-order valence-electron chi connectivity index (χ2n) is 3.23. The van der Waals surface area contributed by atoms with Crippen LogP contribution in [0.4, 0.5) is 0 Å². The molecule has 0 aliphatic rings. The van der Waals surface area contributed by atoms with Crippen molar-refractivity contribution >= 4 is 33.5 Å². The highest BCUT2D eigenvalue weighted by Crippen LogP contribution is 2.26. The molecule has 0 atom stereocenters. The van der Waals surface area contributed by atoms with Gasteiger partial charge in [-0.3, -0.25) is 4.79 Å². The third-order valence-corrected chi connectivity index (χ3v) is 2.55. The fourth-order valence-corrected chi connectivity index (χ4v) is 2.11. The number of nitrogens with zero attached hydrogens (tertiary/aromatic N) is 2. The van der Waals surface area contributed by atoms with Crippen molar-refractivity contribution in [1.29, 1.82) is 0 Å². The predicted molar refractivity (Wildman–Crippen MR) is 63.8 cm³/mol. The van der Waals surface area contributed by atoms with E-state index in [0.717, 1.165) is 4.47 Å². The first-order valence-corrected chi connectivity index (χ1v) is 5.72. The van der Waals surface area contributed by atoms with Crippen molar-refractivity contribution in [1.82, 2.24) is 10.2 Å². The second kappa shape index (κ2) is 4.85. The second-order valence-corrected chi connectivity index (χ2v) is 4.58. The average Bonchev–Trinajstić information content (AvgIpc) is 2.63. The molecule has 0 unspecified atom stereocenters. The monoisotopic (exact) mass is 316 g/mol. The van der Waals surface area contributed by atoms with E-state index in [1.165, 1.54) is 0 Å². The normalized spacial score (nSPS) is 10.5. The van der Waals surface area contributed by atoms with E-state index in [-0.39, 0.29) is 18.2 Å². The Bertz CT molecular complexity index is 550. The number of hydrogen-bond donors (Lipinski definition) is 1. The van der Waals surface area contributed by atoms with Crippen LogP contribution in [0.25, 0.3) is 11.5 Å². The van der Waals surface area contributed by atoms with Gasteiger partial charge in [-0.05, 0) is 18.2 Å². The maximum Gasteiger partial charge on any atom is 0.312 e. The van der Waals surface area contributed by atoms with E-state index in [2.05, 4.69) is 26.1 Å². The van der Waals surface area contributed by atoms with Gasteiger partial charge in [-0.1, -0.05) is 27.5 Å². The van der Waals surface area contributed by atoms with Crippen LogP contribution >= 0.6 is 27.5 Å². The minimum absolute atomic E-state index is 0.0589. The van der Waals surface area contributed by atoms with Gasteiger partial charge in [0.25, 0.3) is 0 Å². The van der Waals surface area contributed by atoms with Crippen molar-refractivity contribution in [3.63, 3.8) is 0 Å². The Hall–Kier alpha value is -1.40. The lowest BCUT2D eigenvalue weighted by atomic mass is 10.2. The molecule has 0 aliphatic heterocycles. The van der Waals surface area contributed by atoms with Crippen LogP contribution in [0.15, 0.2) is 27.1 Å². The van der Waals surface area contributed by atoms with Crippen LogP contribution < -0.4 is 0 Å². The molecule has 7 heteroatoms. The van der Waals surface area contributed by atoms with Gasteiger partial charge in [0, 0.05) is 15.1 Å². The lowest BCUT2D eigenvalue weighted by Gasteiger charge is -1.97. The molecule has 2 rings (SSSR count). The summed E-state index contributed by atoms with van der Waals surface area (Å²) >= 11 is 9.17. The molecular formula is C10H6BrClN2O3. The van der Waals surface area contributed by atoms with E-state index in [9.17, 15) is 4.79 Å². The third kappa shape index (κ3) is 3.04. The van der Waals surface area contributed by atoms with E-state index in [4.69, 9.17) is 21.1 Å². The number of carboxylic acid groups (broad SMARTS) is 1. The molecule has 0 amide bonds. The summed E-state index contributed by atoms with van der Waals surface area (Å²) in [4.78, 5) is 10.5. The van der Waals surface area contributed by atoms with E-state index in [1.807, 2.05) is 0 Å². The highest BCUT2D eigenvalue weighted by Gasteiger charge is 2.12. The maximum absolute atomic E-state index is 10.5. The zero-order chi connectivity index (χ0) is 12.4. The van der Waals surface area contributed by atoms with Crippen molar-refractivity contribution in [3.05, 3.63) is 33.6 Å². The molecule has 17 heavy (non-hydrogen) atoms. The molecule has 1 aromatic heterocycles. The van der Waals surface area contributed by atoms with Crippen LogP contribution in [-0.4, -0.2) is 21.3 Å². The number of carbonyl (C=O) groups is 1. The Morgan fingerprint density at radius 1 is 1.41 bits per heavy atom. The molecule has 1 N–H and O–H groups in total. The number of carboxylic acids is 1. The largest absolute Gasteiger partial charge is 0.481 e. The van der Waals surface area contributed by atoms with Crippen LogP contribution in [0.1, 0.15) is 5.89 Å². The molecular weight excluding hydrogens is 311 g/mol. The molecule has 0 saturated carbocycles. The van der Waals surface area contributed by atoms with Crippen molar-refractivity contribution in [2.24, 2.45) is 0 Å². The Morgan fingerprint density at radius 3 is 2.82 bits per heavy atom. The van der Waals surface area contributed by atoms with Gasteiger partial charge in [-0.25, -0.2) is 0 Å². The van der Waals surface area contributed by atoms with Gasteiger partial charge < -0.3 is 9.52 Å². The zero-order valence-corrected chi connectivity index (χ0v) is 10.7. The van der Waals surface area contributed by atoms with Gasteiger partial charge in [-0.15, -0.1) is 10.2 Å². The Kier molecular flexibility index (Phi) is 3.44. The first-order chi connectivity index (χ1) is 8.04. The lowest BCUT2D eigenvalue weighted by molar-refractivity contribution is -0.136. The van der Waals surface area contributed by atoms with Gasteiger partial charge in [0.1, 0.15) is 6.42 Å². The first-order valence-electron chi connectivity index (χ1n) is 4.55. The standard InChI is InChI=1S/C10H6BrClN2O3/c11-6-1-5(2-7(12)3-6)10-14-13-8(17-10)4-9(15)16/h1-3H,4H2,(H,15,16). The fourth-order valence-electron chi connectivity index (χ4n) is 1.25. The molecule has 0 radical (unpaired) electrons. The van der Waals surface area contributed by atoms with E-state index >= 15 is 0 Å². The molecule has 2 aromatic rings. The molecule has 0 saturated heterocycles. The van der Waals surface area contributed by atoms with Crippen molar-refractivity contribution in [2.75, 3.05) is 0 Å². The summed E-state index contributed by atoms with van der Waals surface area (Å²) in [6, 6.07) is 5.13. The van der Waals surface area contributed by atoms with Crippen molar-refractivity contribution in [3.8, 4) is 11.5 Å². The number of aromatic nitrogens is 2. The highest BCUT2D eigenvalue weighted by atomic mass is 79.9. The van der Waals surface area contributed by atoms with Gasteiger partial charge in [0.15, 0.2) is 0 Å². The minimum atomic E-state index is -1.02. The van der Waals surface area contributed by atoms with Crippen molar-refractivity contribution in [2.45, 2.75) is 6.42 Å². The van der Waals surface area contributed by atoms with Crippen LogP contribution in [0, 0.1) is 0 Å². The van der Waals surface area contributed by atoms with Gasteiger partial charge >= 0.3 is 5.97 Å². The Morgan fingerprint density at radius 2 is 2.18 bits per heavy atom. The molecule has 88 valence electrons. The number of aliphatic carboxylic acids is 1. The maximum atomic E-state index is 10.5. The Labute approximate surface area is 110 Å². The summed E-state index contributed by atoms with van der Waals surface area (Å²) in [5.74, 6) is -0.722. The summed E-state index contributed by atoms with van der Waals surface area (Å²) in [6.45, 7) is 0. The molecule has 5 nitrogen and oxygen atoms in total. The fraction of sp³-hybridized carbons (Fsp3) is 0.100. The number of halogens is 2. The highest BCUT2D eigenvalue weighted by molar-refractivity contribution is 9.10. The van der Waals surface area contributed by atoms with E-state index in [1.54, 1.807) is 18.2 Å². The van der Waals surface area contributed by atoms with Crippen LogP contribution in [-0.2, 0) is 11.2 Å². The SMILES string of the molecule is O=C(O)Cc1nnc(-c2cc(Cl)cc(Br)c2)o1. The molecule has 0 fully saturated rings. The van der Waals surface area contributed by atoms with Gasteiger partial charge in [0.05, 0.1) is 0 Å². The smallest absolute Gasteiger partial charge is 0.312 e. The first kappa shape index (κ1) is 12.1. The van der Waals surface area contributed by atoms with E-state index in [0.29, 0.717) is 10.6 Å². The topological polar surface area (TPSA) is 76.2 Å². The number of hydrogen-bond acceptors (Lipinski definition) is 4.